The second-order valence-corrected chi connectivity index (χ2v) is 8.44. The molecule has 2 saturated heterocycles. The lowest BCUT2D eigenvalue weighted by Crippen LogP contribution is -2.47. The van der Waals surface area contributed by atoms with Crippen LogP contribution in [0.2, 0.25) is 0 Å². The van der Waals surface area contributed by atoms with Crippen LogP contribution in [0.15, 0.2) is 48.8 Å². The van der Waals surface area contributed by atoms with Crippen LogP contribution in [-0.2, 0) is 4.79 Å². The molecule has 2 fully saturated rings. The number of carbonyl (C=O) groups excluding carboxylic acids is 1. The fraction of sp³-hybridized carbons (Fsp3) is 0.500. The summed E-state index contributed by atoms with van der Waals surface area (Å²) in [4.78, 5) is 23.8. The molecule has 166 valence electrons. The maximum Gasteiger partial charge on any atom is 0.224 e. The van der Waals surface area contributed by atoms with Crippen LogP contribution < -0.4 is 15.1 Å². The standard InChI is InChI=1S/C24H32FN5O/c25-21-4-6-22(7-5-21)29-17-15-28(16-18-29)13-2-10-27-24(31)20-3-1-14-30(19-20)23-8-11-26-12-9-23/h4-9,11-12,20H,1-3,10,13-19H2,(H,27,31). The molecule has 3 heterocycles. The molecule has 1 atom stereocenters. The number of nitrogens with zero attached hydrogens (tertiary/aromatic N) is 4. The molecule has 6 nitrogen and oxygen atoms in total. The van der Waals surface area contributed by atoms with Gasteiger partial charge >= 0.3 is 0 Å². The van der Waals surface area contributed by atoms with E-state index in [9.17, 15) is 9.18 Å². The zero-order valence-electron chi connectivity index (χ0n) is 18.0. The molecule has 0 radical (unpaired) electrons. The minimum Gasteiger partial charge on any atom is -0.371 e. The number of benzene rings is 1. The number of anilines is 2. The van der Waals surface area contributed by atoms with Crippen LogP contribution in [0, 0.1) is 11.7 Å². The smallest absolute Gasteiger partial charge is 0.224 e. The first-order valence-electron chi connectivity index (χ1n) is 11.3. The molecule has 1 aromatic carbocycles. The second-order valence-electron chi connectivity index (χ2n) is 8.44. The average Bonchev–Trinajstić information content (AvgIpc) is 2.83. The fourth-order valence-corrected chi connectivity index (χ4v) is 4.52. The fourth-order valence-electron chi connectivity index (χ4n) is 4.52. The number of piperidine rings is 1. The zero-order chi connectivity index (χ0) is 21.5. The number of rotatable bonds is 7. The van der Waals surface area contributed by atoms with Gasteiger partial charge in [0, 0.05) is 69.6 Å². The van der Waals surface area contributed by atoms with Crippen LogP contribution in [-0.4, -0.2) is 68.1 Å². The third-order valence-corrected chi connectivity index (χ3v) is 6.33. The summed E-state index contributed by atoms with van der Waals surface area (Å²) >= 11 is 0. The summed E-state index contributed by atoms with van der Waals surface area (Å²) < 4.78 is 13.1. The van der Waals surface area contributed by atoms with Gasteiger partial charge in [0.2, 0.25) is 5.91 Å². The van der Waals surface area contributed by atoms with Crippen molar-refractivity contribution >= 4 is 17.3 Å². The van der Waals surface area contributed by atoms with Crippen molar-refractivity contribution in [3.63, 3.8) is 0 Å². The summed E-state index contributed by atoms with van der Waals surface area (Å²) in [6.07, 6.45) is 6.57. The van der Waals surface area contributed by atoms with E-state index in [1.807, 2.05) is 24.3 Å². The minimum atomic E-state index is -0.192. The van der Waals surface area contributed by atoms with Crippen molar-refractivity contribution in [1.29, 1.82) is 0 Å². The number of pyridine rings is 1. The van der Waals surface area contributed by atoms with Gasteiger partial charge in [-0.05, 0) is 62.2 Å². The quantitative estimate of drug-likeness (QED) is 0.692. The average molecular weight is 426 g/mol. The van der Waals surface area contributed by atoms with Gasteiger partial charge in [-0.25, -0.2) is 4.39 Å². The Kier molecular flexibility index (Phi) is 7.35. The number of nitrogens with one attached hydrogen (secondary N) is 1. The normalized spacial score (nSPS) is 20.0. The summed E-state index contributed by atoms with van der Waals surface area (Å²) in [5, 5.41) is 3.15. The summed E-state index contributed by atoms with van der Waals surface area (Å²) in [6, 6.07) is 10.8. The molecule has 7 heteroatoms. The Bertz CT molecular complexity index is 824. The predicted molar refractivity (Wildman–Crippen MR) is 122 cm³/mol. The van der Waals surface area contributed by atoms with Crippen LogP contribution in [0.4, 0.5) is 15.8 Å². The first kappa shape index (κ1) is 21.6. The number of aromatic nitrogens is 1. The van der Waals surface area contributed by atoms with Gasteiger partial charge in [0.15, 0.2) is 0 Å². The van der Waals surface area contributed by atoms with E-state index in [-0.39, 0.29) is 17.6 Å². The van der Waals surface area contributed by atoms with E-state index in [1.54, 1.807) is 12.4 Å². The van der Waals surface area contributed by atoms with E-state index >= 15 is 0 Å². The Morgan fingerprint density at radius 3 is 2.42 bits per heavy atom. The summed E-state index contributed by atoms with van der Waals surface area (Å²) in [7, 11) is 0. The Morgan fingerprint density at radius 2 is 1.68 bits per heavy atom. The molecule has 2 aliphatic heterocycles. The number of hydrogen-bond acceptors (Lipinski definition) is 5. The van der Waals surface area contributed by atoms with Crippen molar-refractivity contribution < 1.29 is 9.18 Å². The SMILES string of the molecule is O=C(NCCCN1CCN(c2ccc(F)cc2)CC1)C1CCCN(c2ccncc2)C1. The molecule has 1 N–H and O–H groups in total. The second kappa shape index (κ2) is 10.6. The molecule has 1 unspecified atom stereocenters. The van der Waals surface area contributed by atoms with Crippen molar-refractivity contribution in [3.8, 4) is 0 Å². The Labute approximate surface area is 184 Å². The largest absolute Gasteiger partial charge is 0.371 e. The number of piperazine rings is 1. The highest BCUT2D eigenvalue weighted by Gasteiger charge is 2.25. The first-order valence-corrected chi connectivity index (χ1v) is 11.3. The lowest BCUT2D eigenvalue weighted by molar-refractivity contribution is -0.125. The number of halogens is 1. The van der Waals surface area contributed by atoms with Gasteiger partial charge in [-0.15, -0.1) is 0 Å². The van der Waals surface area contributed by atoms with E-state index in [0.29, 0.717) is 0 Å². The van der Waals surface area contributed by atoms with Crippen molar-refractivity contribution in [2.45, 2.75) is 19.3 Å². The van der Waals surface area contributed by atoms with E-state index < -0.39 is 0 Å². The van der Waals surface area contributed by atoms with Crippen LogP contribution in [0.3, 0.4) is 0 Å². The van der Waals surface area contributed by atoms with Gasteiger partial charge in [-0.1, -0.05) is 0 Å². The molecule has 0 aliphatic carbocycles. The lowest BCUT2D eigenvalue weighted by atomic mass is 9.96. The van der Waals surface area contributed by atoms with Crippen LogP contribution in [0.25, 0.3) is 0 Å². The van der Waals surface area contributed by atoms with Gasteiger partial charge in [-0.2, -0.15) is 0 Å². The van der Waals surface area contributed by atoms with E-state index in [1.165, 1.54) is 12.1 Å². The highest BCUT2D eigenvalue weighted by molar-refractivity contribution is 5.79. The number of amides is 1. The van der Waals surface area contributed by atoms with Crippen LogP contribution in [0.5, 0.6) is 0 Å². The van der Waals surface area contributed by atoms with Gasteiger partial charge < -0.3 is 15.1 Å². The number of hydrogen-bond donors (Lipinski definition) is 1. The van der Waals surface area contributed by atoms with Crippen LogP contribution >= 0.6 is 0 Å². The van der Waals surface area contributed by atoms with Crippen molar-refractivity contribution in [1.82, 2.24) is 15.2 Å². The molecule has 0 saturated carbocycles. The van der Waals surface area contributed by atoms with Crippen LogP contribution in [0.1, 0.15) is 19.3 Å². The maximum absolute atomic E-state index is 13.1. The highest BCUT2D eigenvalue weighted by Crippen LogP contribution is 2.22. The molecule has 2 aliphatic rings. The van der Waals surface area contributed by atoms with Gasteiger partial charge in [-0.3, -0.25) is 14.7 Å². The lowest BCUT2D eigenvalue weighted by Gasteiger charge is -2.36. The first-order chi connectivity index (χ1) is 15.2. The van der Waals surface area contributed by atoms with E-state index in [0.717, 1.165) is 83.0 Å². The molecule has 2 aromatic rings. The molecule has 1 aromatic heterocycles. The highest BCUT2D eigenvalue weighted by atomic mass is 19.1. The summed E-state index contributed by atoms with van der Waals surface area (Å²) in [6.45, 7) is 7.38. The molecule has 31 heavy (non-hydrogen) atoms. The zero-order valence-corrected chi connectivity index (χ0v) is 18.0. The van der Waals surface area contributed by atoms with Gasteiger partial charge in [0.05, 0.1) is 5.92 Å². The topological polar surface area (TPSA) is 51.7 Å². The Morgan fingerprint density at radius 1 is 0.968 bits per heavy atom. The summed E-state index contributed by atoms with van der Waals surface area (Å²) in [5.41, 5.74) is 2.23. The van der Waals surface area contributed by atoms with Gasteiger partial charge in [0.25, 0.3) is 0 Å². The minimum absolute atomic E-state index is 0.0566. The van der Waals surface area contributed by atoms with Gasteiger partial charge in [0.1, 0.15) is 5.82 Å². The maximum atomic E-state index is 13.1. The van der Waals surface area contributed by atoms with Crippen molar-refractivity contribution in [2.75, 3.05) is 62.2 Å². The van der Waals surface area contributed by atoms with Crippen molar-refractivity contribution in [3.05, 3.63) is 54.6 Å². The molecular formula is C24H32FN5O. The molecule has 0 spiro atoms. The Hall–Kier alpha value is -2.67. The predicted octanol–water partition coefficient (Wildman–Crippen LogP) is 2.77. The third kappa shape index (κ3) is 5.94. The number of carbonyl (C=O) groups is 1. The van der Waals surface area contributed by atoms with E-state index in [2.05, 4.69) is 25.0 Å². The Balaban J connectivity index is 1.13. The molecule has 0 bridgehead atoms. The summed E-state index contributed by atoms with van der Waals surface area (Å²) in [5.74, 6) is 0.0452. The van der Waals surface area contributed by atoms with E-state index in [4.69, 9.17) is 0 Å². The molecule has 1 amide bonds. The third-order valence-electron chi connectivity index (χ3n) is 6.33. The van der Waals surface area contributed by atoms with Crippen molar-refractivity contribution in [2.24, 2.45) is 5.92 Å². The monoisotopic (exact) mass is 425 g/mol. The molecular weight excluding hydrogens is 393 g/mol. The molecule has 4 rings (SSSR count).